The first-order valence-corrected chi connectivity index (χ1v) is 8.11. The Labute approximate surface area is 130 Å². The Morgan fingerprint density at radius 2 is 2.14 bits per heavy atom. The van der Waals surface area contributed by atoms with Crippen LogP contribution in [0, 0.1) is 0 Å². The smallest absolute Gasteiger partial charge is 0.0548 e. The maximum atomic E-state index is 4.33. The molecule has 3 aromatic rings. The Morgan fingerprint density at radius 3 is 3.09 bits per heavy atom. The lowest BCUT2D eigenvalue weighted by atomic mass is 9.84. The van der Waals surface area contributed by atoms with E-state index in [1.807, 2.05) is 6.20 Å². The molecule has 110 valence electrons. The third-order valence-electron chi connectivity index (χ3n) is 5.51. The van der Waals surface area contributed by atoms with Crippen LogP contribution in [0.4, 0.5) is 0 Å². The third kappa shape index (κ3) is 1.57. The lowest BCUT2D eigenvalue weighted by Crippen LogP contribution is -2.41. The van der Waals surface area contributed by atoms with Gasteiger partial charge in [-0.2, -0.15) is 0 Å². The Morgan fingerprint density at radius 1 is 1.23 bits per heavy atom. The number of hydrogen-bond acceptors (Lipinski definition) is 2. The number of hydrogen-bond donors (Lipinski definition) is 1. The first-order chi connectivity index (χ1) is 10.8. The van der Waals surface area contributed by atoms with Crippen molar-refractivity contribution >= 4 is 10.9 Å². The predicted octanol–water partition coefficient (Wildman–Crippen LogP) is 3.78. The van der Waals surface area contributed by atoms with E-state index in [1.54, 1.807) is 0 Å². The van der Waals surface area contributed by atoms with Crippen LogP contribution < -0.4 is 0 Å². The maximum Gasteiger partial charge on any atom is 0.0548 e. The molecule has 1 N–H and O–H groups in total. The summed E-state index contributed by atoms with van der Waals surface area (Å²) in [5.74, 6) is 0. The van der Waals surface area contributed by atoms with Crippen molar-refractivity contribution in [3.63, 3.8) is 0 Å². The lowest BCUT2D eigenvalue weighted by Gasteiger charge is -2.44. The first-order valence-electron chi connectivity index (χ1n) is 8.11. The molecule has 0 fully saturated rings. The van der Waals surface area contributed by atoms with Crippen LogP contribution in [0.5, 0.6) is 0 Å². The molecule has 2 aromatic heterocycles. The first kappa shape index (κ1) is 12.4. The largest absolute Gasteiger partial charge is 0.357 e. The number of H-pyrrole nitrogens is 1. The van der Waals surface area contributed by atoms with Gasteiger partial charge in [-0.25, -0.2) is 0 Å². The van der Waals surface area contributed by atoms with Crippen molar-refractivity contribution in [1.82, 2.24) is 14.9 Å². The zero-order valence-electron chi connectivity index (χ0n) is 12.7. The second kappa shape index (κ2) is 4.43. The fourth-order valence-electron chi connectivity index (χ4n) is 4.40. The molecule has 0 spiro atoms. The van der Waals surface area contributed by atoms with Gasteiger partial charge in [-0.05, 0) is 48.6 Å². The summed E-state index contributed by atoms with van der Waals surface area (Å²) in [6.07, 6.45) is 6.20. The topological polar surface area (TPSA) is 31.9 Å². The minimum Gasteiger partial charge on any atom is -0.357 e. The monoisotopic (exact) mass is 289 g/mol. The Kier molecular flexibility index (Phi) is 2.50. The summed E-state index contributed by atoms with van der Waals surface area (Å²) in [6, 6.07) is 11.8. The van der Waals surface area contributed by atoms with Gasteiger partial charge in [0, 0.05) is 41.6 Å². The van der Waals surface area contributed by atoms with Gasteiger partial charge >= 0.3 is 0 Å². The summed E-state index contributed by atoms with van der Waals surface area (Å²) in [5, 5.41) is 1.41. The van der Waals surface area contributed by atoms with E-state index in [0.29, 0.717) is 12.1 Å². The van der Waals surface area contributed by atoms with Crippen LogP contribution in [-0.4, -0.2) is 21.4 Å². The van der Waals surface area contributed by atoms with Gasteiger partial charge in [-0.1, -0.05) is 18.2 Å². The Balaban J connectivity index is 1.69. The summed E-state index contributed by atoms with van der Waals surface area (Å²) < 4.78 is 0. The summed E-state index contributed by atoms with van der Waals surface area (Å²) in [4.78, 5) is 10.7. The normalized spacial score (nSPS) is 23.9. The molecule has 2 unspecified atom stereocenters. The second-order valence-corrected chi connectivity index (χ2v) is 6.52. The molecule has 2 atom stereocenters. The molecule has 4 heterocycles. The van der Waals surface area contributed by atoms with E-state index in [1.165, 1.54) is 33.3 Å². The average Bonchev–Trinajstić information content (AvgIpc) is 2.94. The summed E-state index contributed by atoms with van der Waals surface area (Å²) in [7, 11) is 0. The van der Waals surface area contributed by atoms with Gasteiger partial charge in [0.25, 0.3) is 0 Å². The molecule has 0 radical (unpaired) electrons. The van der Waals surface area contributed by atoms with Crippen LogP contribution in [0.3, 0.4) is 0 Å². The van der Waals surface area contributed by atoms with Gasteiger partial charge in [0.1, 0.15) is 0 Å². The second-order valence-electron chi connectivity index (χ2n) is 6.52. The molecule has 2 aliphatic rings. The zero-order chi connectivity index (χ0) is 14.7. The molecular weight excluding hydrogens is 270 g/mol. The van der Waals surface area contributed by atoms with Crippen molar-refractivity contribution < 1.29 is 0 Å². The Bertz CT molecular complexity index is 864. The van der Waals surface area contributed by atoms with E-state index in [2.05, 4.69) is 58.3 Å². The summed E-state index contributed by atoms with van der Waals surface area (Å²) in [5.41, 5.74) is 7.10. The van der Waals surface area contributed by atoms with Gasteiger partial charge in [0.05, 0.1) is 6.04 Å². The van der Waals surface area contributed by atoms with Crippen molar-refractivity contribution in [1.29, 1.82) is 0 Å². The molecule has 22 heavy (non-hydrogen) atoms. The minimum atomic E-state index is 0.446. The fourth-order valence-corrected chi connectivity index (χ4v) is 4.40. The number of aromatic nitrogens is 2. The van der Waals surface area contributed by atoms with E-state index in [0.717, 1.165) is 19.4 Å². The van der Waals surface area contributed by atoms with Crippen LogP contribution in [-0.2, 0) is 12.8 Å². The SMILES string of the molecule is CC1c2cnccc2CC2c3[nH]c4ccccc4c3CCN12. The van der Waals surface area contributed by atoms with Crippen LogP contribution in [0.25, 0.3) is 10.9 Å². The van der Waals surface area contributed by atoms with E-state index in [-0.39, 0.29) is 0 Å². The molecular formula is C19H19N3. The fraction of sp³-hybridized carbons (Fsp3) is 0.316. The molecule has 0 bridgehead atoms. The van der Waals surface area contributed by atoms with Gasteiger partial charge < -0.3 is 4.98 Å². The molecule has 0 aliphatic carbocycles. The number of benzene rings is 1. The molecule has 3 heteroatoms. The van der Waals surface area contributed by atoms with Crippen LogP contribution >= 0.6 is 0 Å². The number of nitrogens with zero attached hydrogens (tertiary/aromatic N) is 2. The average molecular weight is 289 g/mol. The van der Waals surface area contributed by atoms with Crippen LogP contribution in [0.15, 0.2) is 42.7 Å². The van der Waals surface area contributed by atoms with E-state index in [9.17, 15) is 0 Å². The number of aromatic amines is 1. The number of fused-ring (bicyclic) bond motifs is 6. The van der Waals surface area contributed by atoms with Crippen LogP contribution in [0.2, 0.25) is 0 Å². The number of nitrogens with one attached hydrogen (secondary N) is 1. The molecule has 1 aromatic carbocycles. The molecule has 0 saturated heterocycles. The summed E-state index contributed by atoms with van der Waals surface area (Å²) in [6.45, 7) is 3.45. The number of para-hydroxylation sites is 1. The molecule has 3 nitrogen and oxygen atoms in total. The van der Waals surface area contributed by atoms with Crippen molar-refractivity contribution in [2.45, 2.75) is 31.8 Å². The van der Waals surface area contributed by atoms with Crippen molar-refractivity contribution in [2.75, 3.05) is 6.54 Å². The standard InChI is InChI=1S/C19H19N3/c1-12-16-11-20-8-6-13(16)10-18-19-15(7-9-22(12)18)14-4-2-3-5-17(14)21-19/h2-6,8,11-12,18,21H,7,9-10H2,1H3. The van der Waals surface area contributed by atoms with Gasteiger partial charge in [-0.15, -0.1) is 0 Å². The van der Waals surface area contributed by atoms with E-state index >= 15 is 0 Å². The molecule has 0 amide bonds. The van der Waals surface area contributed by atoms with Crippen LogP contribution in [0.1, 0.15) is 41.4 Å². The van der Waals surface area contributed by atoms with E-state index < -0.39 is 0 Å². The highest BCUT2D eigenvalue weighted by Crippen LogP contribution is 2.44. The molecule has 5 rings (SSSR count). The molecule has 0 saturated carbocycles. The highest BCUT2D eigenvalue weighted by atomic mass is 15.2. The molecule has 2 aliphatic heterocycles. The lowest BCUT2D eigenvalue weighted by molar-refractivity contribution is 0.115. The predicted molar refractivity (Wildman–Crippen MR) is 87.8 cm³/mol. The Hall–Kier alpha value is -2.13. The quantitative estimate of drug-likeness (QED) is 0.683. The van der Waals surface area contributed by atoms with E-state index in [4.69, 9.17) is 0 Å². The highest BCUT2D eigenvalue weighted by molar-refractivity contribution is 5.85. The van der Waals surface area contributed by atoms with Gasteiger partial charge in [0.2, 0.25) is 0 Å². The number of rotatable bonds is 0. The van der Waals surface area contributed by atoms with Crippen molar-refractivity contribution in [3.8, 4) is 0 Å². The summed E-state index contributed by atoms with van der Waals surface area (Å²) >= 11 is 0. The maximum absolute atomic E-state index is 4.33. The van der Waals surface area contributed by atoms with Crippen molar-refractivity contribution in [3.05, 3.63) is 65.1 Å². The van der Waals surface area contributed by atoms with Gasteiger partial charge in [-0.3, -0.25) is 9.88 Å². The minimum absolute atomic E-state index is 0.446. The third-order valence-corrected chi connectivity index (χ3v) is 5.51. The highest BCUT2D eigenvalue weighted by Gasteiger charge is 2.37. The van der Waals surface area contributed by atoms with Crippen molar-refractivity contribution in [2.24, 2.45) is 0 Å². The number of pyridine rings is 1. The zero-order valence-corrected chi connectivity index (χ0v) is 12.7. The van der Waals surface area contributed by atoms with Gasteiger partial charge in [0.15, 0.2) is 0 Å².